The molecular weight excluding hydrogens is 296 g/mol. The first kappa shape index (κ1) is 15.0. The van der Waals surface area contributed by atoms with Crippen LogP contribution in [-0.4, -0.2) is 29.2 Å². The molecule has 1 aliphatic rings. The number of aromatic nitrogens is 2. The molecule has 1 saturated heterocycles. The van der Waals surface area contributed by atoms with Gasteiger partial charge in [0.15, 0.2) is 5.82 Å². The van der Waals surface area contributed by atoms with Crippen molar-refractivity contribution in [3.05, 3.63) is 40.2 Å². The Labute approximate surface area is 134 Å². The third-order valence-electron chi connectivity index (χ3n) is 3.92. The third kappa shape index (κ3) is 3.62. The molecule has 0 spiro atoms. The van der Waals surface area contributed by atoms with Crippen LogP contribution in [0.3, 0.4) is 0 Å². The molecule has 3 heterocycles. The molecule has 0 bridgehead atoms. The molecule has 1 atom stereocenters. The highest BCUT2D eigenvalue weighted by molar-refractivity contribution is 7.09. The van der Waals surface area contributed by atoms with Gasteiger partial charge in [-0.1, -0.05) is 6.07 Å². The van der Waals surface area contributed by atoms with Gasteiger partial charge >= 0.3 is 0 Å². The molecule has 1 unspecified atom stereocenters. The van der Waals surface area contributed by atoms with Crippen LogP contribution in [-0.2, 0) is 11.3 Å². The number of carbonyl (C=O) groups excluding carboxylic acids is 1. The average Bonchev–Trinajstić information content (AvgIpc) is 3.07. The van der Waals surface area contributed by atoms with E-state index < -0.39 is 0 Å². The number of hydrogen-bond donors (Lipinski definition) is 1. The van der Waals surface area contributed by atoms with E-state index in [9.17, 15) is 4.79 Å². The standard InChI is InChI=1S/C16H20N4OS/c1-12-6-7-15(19-18-12)20-8-2-4-13(11-20)16(21)17-10-14-5-3-9-22-14/h3,5-7,9,13H,2,4,8,10-11H2,1H3,(H,17,21). The summed E-state index contributed by atoms with van der Waals surface area (Å²) in [4.78, 5) is 15.7. The molecule has 0 aliphatic carbocycles. The van der Waals surface area contributed by atoms with Crippen LogP contribution in [0, 0.1) is 12.8 Å². The van der Waals surface area contributed by atoms with E-state index in [0.29, 0.717) is 13.1 Å². The summed E-state index contributed by atoms with van der Waals surface area (Å²) < 4.78 is 0. The van der Waals surface area contributed by atoms with Gasteiger partial charge < -0.3 is 10.2 Å². The first-order valence-electron chi connectivity index (χ1n) is 7.58. The number of anilines is 1. The largest absolute Gasteiger partial charge is 0.354 e. The number of aryl methyl sites for hydroxylation is 1. The number of hydrogen-bond acceptors (Lipinski definition) is 5. The molecule has 5 nitrogen and oxygen atoms in total. The van der Waals surface area contributed by atoms with E-state index in [2.05, 4.69) is 20.4 Å². The number of nitrogens with one attached hydrogen (secondary N) is 1. The highest BCUT2D eigenvalue weighted by Gasteiger charge is 2.26. The van der Waals surface area contributed by atoms with Gasteiger partial charge in [0.25, 0.3) is 0 Å². The van der Waals surface area contributed by atoms with E-state index >= 15 is 0 Å². The van der Waals surface area contributed by atoms with Crippen molar-refractivity contribution in [2.24, 2.45) is 5.92 Å². The van der Waals surface area contributed by atoms with E-state index in [4.69, 9.17) is 0 Å². The highest BCUT2D eigenvalue weighted by Crippen LogP contribution is 2.21. The third-order valence-corrected chi connectivity index (χ3v) is 4.79. The van der Waals surface area contributed by atoms with Crippen LogP contribution in [0.1, 0.15) is 23.4 Å². The Hall–Kier alpha value is -1.95. The van der Waals surface area contributed by atoms with E-state index in [1.165, 1.54) is 4.88 Å². The van der Waals surface area contributed by atoms with Crippen LogP contribution < -0.4 is 10.2 Å². The lowest BCUT2D eigenvalue weighted by molar-refractivity contribution is -0.125. The van der Waals surface area contributed by atoms with Crippen molar-refractivity contribution in [1.82, 2.24) is 15.5 Å². The second-order valence-electron chi connectivity index (χ2n) is 5.62. The Morgan fingerprint density at radius 1 is 1.41 bits per heavy atom. The zero-order chi connectivity index (χ0) is 15.4. The number of thiophene rings is 1. The van der Waals surface area contributed by atoms with Crippen molar-refractivity contribution in [3.8, 4) is 0 Å². The topological polar surface area (TPSA) is 58.1 Å². The fourth-order valence-corrected chi connectivity index (χ4v) is 3.34. The molecule has 3 rings (SSSR count). The van der Waals surface area contributed by atoms with Gasteiger partial charge in [-0.2, -0.15) is 5.10 Å². The second kappa shape index (κ2) is 6.87. The number of nitrogens with zero attached hydrogens (tertiary/aromatic N) is 3. The van der Waals surface area contributed by atoms with Crippen molar-refractivity contribution in [2.45, 2.75) is 26.3 Å². The Morgan fingerprint density at radius 2 is 2.32 bits per heavy atom. The summed E-state index contributed by atoms with van der Waals surface area (Å²) in [5.74, 6) is 1.02. The summed E-state index contributed by atoms with van der Waals surface area (Å²) >= 11 is 1.67. The van der Waals surface area contributed by atoms with E-state index in [1.807, 2.05) is 36.6 Å². The van der Waals surface area contributed by atoms with Gasteiger partial charge in [0.2, 0.25) is 5.91 Å². The predicted octanol–water partition coefficient (Wildman–Crippen LogP) is 2.38. The van der Waals surface area contributed by atoms with Crippen LogP contribution in [0.25, 0.3) is 0 Å². The SMILES string of the molecule is Cc1ccc(N2CCCC(C(=O)NCc3cccs3)C2)nn1. The fraction of sp³-hybridized carbons (Fsp3) is 0.438. The minimum absolute atomic E-state index is 0.0248. The molecule has 2 aromatic heterocycles. The van der Waals surface area contributed by atoms with Crippen LogP contribution in [0.5, 0.6) is 0 Å². The summed E-state index contributed by atoms with van der Waals surface area (Å²) in [6.45, 7) is 4.20. The molecule has 1 aliphatic heterocycles. The zero-order valence-corrected chi connectivity index (χ0v) is 13.5. The van der Waals surface area contributed by atoms with Gasteiger partial charge in [0.05, 0.1) is 18.2 Å². The molecule has 116 valence electrons. The number of carbonyl (C=O) groups is 1. The molecule has 22 heavy (non-hydrogen) atoms. The number of amides is 1. The minimum Gasteiger partial charge on any atom is -0.354 e. The summed E-state index contributed by atoms with van der Waals surface area (Å²) in [6, 6.07) is 7.99. The molecule has 2 aromatic rings. The van der Waals surface area contributed by atoms with Gasteiger partial charge in [-0.15, -0.1) is 16.4 Å². The summed E-state index contributed by atoms with van der Waals surface area (Å²) in [7, 11) is 0. The first-order valence-corrected chi connectivity index (χ1v) is 8.46. The molecule has 1 N–H and O–H groups in total. The molecule has 1 amide bonds. The van der Waals surface area contributed by atoms with Gasteiger partial charge in [-0.3, -0.25) is 4.79 Å². The Balaban J connectivity index is 1.57. The number of rotatable bonds is 4. The Bertz CT molecular complexity index is 612. The van der Waals surface area contributed by atoms with Gasteiger partial charge in [-0.05, 0) is 43.3 Å². The normalized spacial score (nSPS) is 18.2. The van der Waals surface area contributed by atoms with Crippen molar-refractivity contribution < 1.29 is 4.79 Å². The van der Waals surface area contributed by atoms with Gasteiger partial charge in [0, 0.05) is 18.0 Å². The summed E-state index contributed by atoms with van der Waals surface area (Å²) in [5.41, 5.74) is 0.908. The number of piperidine rings is 1. The molecule has 6 heteroatoms. The van der Waals surface area contributed by atoms with Gasteiger partial charge in [-0.25, -0.2) is 0 Å². The Kier molecular flexibility index (Phi) is 4.68. The monoisotopic (exact) mass is 316 g/mol. The van der Waals surface area contributed by atoms with Crippen LogP contribution in [0.2, 0.25) is 0 Å². The van der Waals surface area contributed by atoms with E-state index in [0.717, 1.165) is 30.9 Å². The first-order chi connectivity index (χ1) is 10.7. The lowest BCUT2D eigenvalue weighted by Crippen LogP contribution is -2.43. The minimum atomic E-state index is 0.0248. The smallest absolute Gasteiger partial charge is 0.225 e. The maximum atomic E-state index is 12.4. The predicted molar refractivity (Wildman–Crippen MR) is 87.9 cm³/mol. The maximum absolute atomic E-state index is 12.4. The quantitative estimate of drug-likeness (QED) is 0.941. The fourth-order valence-electron chi connectivity index (χ4n) is 2.69. The lowest BCUT2D eigenvalue weighted by Gasteiger charge is -2.32. The van der Waals surface area contributed by atoms with Crippen LogP contribution >= 0.6 is 11.3 Å². The molecule has 0 radical (unpaired) electrons. The van der Waals surface area contributed by atoms with E-state index in [1.54, 1.807) is 11.3 Å². The van der Waals surface area contributed by atoms with Crippen molar-refractivity contribution in [2.75, 3.05) is 18.0 Å². The molecule has 0 saturated carbocycles. The van der Waals surface area contributed by atoms with Crippen LogP contribution in [0.4, 0.5) is 5.82 Å². The zero-order valence-electron chi connectivity index (χ0n) is 12.7. The summed E-state index contributed by atoms with van der Waals surface area (Å²) in [5, 5.41) is 13.4. The molecule has 0 aromatic carbocycles. The van der Waals surface area contributed by atoms with Crippen molar-refractivity contribution in [1.29, 1.82) is 0 Å². The second-order valence-corrected chi connectivity index (χ2v) is 6.65. The highest BCUT2D eigenvalue weighted by atomic mass is 32.1. The van der Waals surface area contributed by atoms with Crippen LogP contribution in [0.15, 0.2) is 29.6 Å². The molecular formula is C16H20N4OS. The van der Waals surface area contributed by atoms with Gasteiger partial charge in [0.1, 0.15) is 0 Å². The van der Waals surface area contributed by atoms with E-state index in [-0.39, 0.29) is 11.8 Å². The van der Waals surface area contributed by atoms with Crippen molar-refractivity contribution in [3.63, 3.8) is 0 Å². The maximum Gasteiger partial charge on any atom is 0.225 e. The molecule has 1 fully saturated rings. The lowest BCUT2D eigenvalue weighted by atomic mass is 9.97. The summed E-state index contributed by atoms with van der Waals surface area (Å²) in [6.07, 6.45) is 1.94. The Morgan fingerprint density at radius 3 is 3.05 bits per heavy atom. The van der Waals surface area contributed by atoms with Crippen molar-refractivity contribution >= 4 is 23.1 Å². The average molecular weight is 316 g/mol.